The third kappa shape index (κ3) is 3.07. The Bertz CT molecular complexity index is 702. The van der Waals surface area contributed by atoms with Gasteiger partial charge < -0.3 is 9.47 Å². The van der Waals surface area contributed by atoms with Gasteiger partial charge in [-0.1, -0.05) is 0 Å². The Labute approximate surface area is 146 Å². The molecule has 2 amide bonds. The van der Waals surface area contributed by atoms with Crippen LogP contribution in [0.4, 0.5) is 0 Å². The summed E-state index contributed by atoms with van der Waals surface area (Å²) in [4.78, 5) is 25.3. The summed E-state index contributed by atoms with van der Waals surface area (Å²) in [6.45, 7) is 0. The largest absolute Gasteiger partial charge is 0.493 e. The smallest absolute Gasteiger partial charge is 0.265 e. The first kappa shape index (κ1) is 16.7. The topological polar surface area (TPSA) is 67.9 Å². The molecule has 0 atom stereocenters. The molecule has 1 aromatic rings. The molecule has 0 unspecified atom stereocenters. The van der Waals surface area contributed by atoms with Crippen molar-refractivity contribution in [1.82, 2.24) is 10.2 Å². The third-order valence-electron chi connectivity index (χ3n) is 3.07. The second-order valence-corrected chi connectivity index (χ2v) is 5.97. The summed E-state index contributed by atoms with van der Waals surface area (Å²) >= 11 is 7.00. The number of nitrogens with zero attached hydrogens (tertiary/aromatic N) is 1. The molecule has 0 spiro atoms. The number of ether oxygens (including phenoxy) is 2. The van der Waals surface area contributed by atoms with Crippen molar-refractivity contribution in [1.29, 1.82) is 0 Å². The van der Waals surface area contributed by atoms with Crippen molar-refractivity contribution in [3.8, 4) is 11.5 Å². The number of thiocarbonyl (C=S) groups is 1. The van der Waals surface area contributed by atoms with Gasteiger partial charge in [-0.2, -0.15) is 0 Å². The van der Waals surface area contributed by atoms with Crippen molar-refractivity contribution in [3.05, 3.63) is 26.8 Å². The molecular formula is C14H13IN2O4S. The van der Waals surface area contributed by atoms with Gasteiger partial charge in [0.15, 0.2) is 16.6 Å². The average Bonchev–Trinajstić information content (AvgIpc) is 2.48. The highest BCUT2D eigenvalue weighted by molar-refractivity contribution is 14.1. The lowest BCUT2D eigenvalue weighted by Crippen LogP contribution is -2.52. The molecule has 1 fully saturated rings. The van der Waals surface area contributed by atoms with Crippen molar-refractivity contribution in [3.63, 3.8) is 0 Å². The van der Waals surface area contributed by atoms with E-state index in [-0.39, 0.29) is 10.7 Å². The van der Waals surface area contributed by atoms with Gasteiger partial charge in [-0.05, 0) is 58.6 Å². The Morgan fingerprint density at radius 3 is 2.55 bits per heavy atom. The van der Waals surface area contributed by atoms with Crippen molar-refractivity contribution in [2.75, 3.05) is 21.3 Å². The van der Waals surface area contributed by atoms with Crippen molar-refractivity contribution >= 4 is 57.8 Å². The molecule has 1 aliphatic heterocycles. The van der Waals surface area contributed by atoms with E-state index in [0.717, 1.165) is 3.57 Å². The zero-order valence-electron chi connectivity index (χ0n) is 12.1. The third-order valence-corrected chi connectivity index (χ3v) is 4.25. The fourth-order valence-corrected chi connectivity index (χ4v) is 2.95. The first-order valence-electron chi connectivity index (χ1n) is 6.15. The number of likely N-dealkylation sites (N-methyl/N-ethyl adjacent to an activating group) is 1. The van der Waals surface area contributed by atoms with E-state index in [2.05, 4.69) is 27.9 Å². The summed E-state index contributed by atoms with van der Waals surface area (Å²) in [6, 6.07) is 3.49. The molecule has 8 heteroatoms. The van der Waals surface area contributed by atoms with Gasteiger partial charge in [0.25, 0.3) is 11.8 Å². The van der Waals surface area contributed by atoms with Crippen LogP contribution in [0.3, 0.4) is 0 Å². The van der Waals surface area contributed by atoms with Gasteiger partial charge in [-0.15, -0.1) is 0 Å². The number of benzene rings is 1. The summed E-state index contributed by atoms with van der Waals surface area (Å²) in [5.74, 6) is 0.160. The Hall–Kier alpha value is -1.68. The van der Waals surface area contributed by atoms with E-state index in [1.54, 1.807) is 19.2 Å². The predicted octanol–water partition coefficient (Wildman–Crippen LogP) is 1.56. The van der Waals surface area contributed by atoms with Crippen LogP contribution in [0.5, 0.6) is 11.5 Å². The van der Waals surface area contributed by atoms with Crippen LogP contribution < -0.4 is 14.8 Å². The van der Waals surface area contributed by atoms with Crippen LogP contribution in [0, 0.1) is 3.57 Å². The zero-order chi connectivity index (χ0) is 16.4. The minimum absolute atomic E-state index is 0.0131. The number of amides is 2. The minimum atomic E-state index is -0.516. The van der Waals surface area contributed by atoms with Gasteiger partial charge in [-0.3, -0.25) is 19.8 Å². The molecule has 0 aliphatic carbocycles. The average molecular weight is 432 g/mol. The molecule has 0 saturated carbocycles. The van der Waals surface area contributed by atoms with Crippen LogP contribution in [-0.2, 0) is 9.59 Å². The second kappa shape index (κ2) is 6.61. The van der Waals surface area contributed by atoms with Crippen LogP contribution in [-0.4, -0.2) is 43.1 Å². The highest BCUT2D eigenvalue weighted by Gasteiger charge is 2.30. The maximum atomic E-state index is 12.2. The fraction of sp³-hybridized carbons (Fsp3) is 0.214. The number of halogens is 1. The molecule has 1 N–H and O–H groups in total. The zero-order valence-corrected chi connectivity index (χ0v) is 15.1. The van der Waals surface area contributed by atoms with Gasteiger partial charge in [0.2, 0.25) is 0 Å². The molecule has 22 heavy (non-hydrogen) atoms. The number of nitrogens with one attached hydrogen (secondary N) is 1. The highest BCUT2D eigenvalue weighted by Crippen LogP contribution is 2.34. The van der Waals surface area contributed by atoms with Gasteiger partial charge >= 0.3 is 0 Å². The lowest BCUT2D eigenvalue weighted by molar-refractivity contribution is -0.128. The summed E-state index contributed by atoms with van der Waals surface area (Å²) in [5, 5.41) is 2.56. The van der Waals surface area contributed by atoms with E-state index < -0.39 is 11.8 Å². The molecule has 116 valence electrons. The molecule has 1 aliphatic rings. The first-order chi connectivity index (χ1) is 10.4. The SMILES string of the molecule is COc1cc(/C=C2/C(=O)NC(=S)N(C)C2=O)cc(I)c1OC. The molecule has 1 heterocycles. The number of hydrogen-bond donors (Lipinski definition) is 1. The lowest BCUT2D eigenvalue weighted by atomic mass is 10.1. The van der Waals surface area contributed by atoms with E-state index >= 15 is 0 Å². The van der Waals surface area contributed by atoms with Crippen LogP contribution in [0.15, 0.2) is 17.7 Å². The number of methoxy groups -OCH3 is 2. The van der Waals surface area contributed by atoms with E-state index in [4.69, 9.17) is 21.7 Å². The first-order valence-corrected chi connectivity index (χ1v) is 7.64. The highest BCUT2D eigenvalue weighted by atomic mass is 127. The number of hydrogen-bond acceptors (Lipinski definition) is 5. The van der Waals surface area contributed by atoms with Gasteiger partial charge in [0.1, 0.15) is 5.57 Å². The van der Waals surface area contributed by atoms with E-state index in [0.29, 0.717) is 17.1 Å². The summed E-state index contributed by atoms with van der Waals surface area (Å²) in [7, 11) is 4.58. The van der Waals surface area contributed by atoms with Crippen LogP contribution in [0.2, 0.25) is 0 Å². The van der Waals surface area contributed by atoms with Gasteiger partial charge in [-0.25, -0.2) is 0 Å². The molecule has 0 radical (unpaired) electrons. The van der Waals surface area contributed by atoms with Crippen LogP contribution in [0.25, 0.3) is 6.08 Å². The Morgan fingerprint density at radius 2 is 1.95 bits per heavy atom. The fourth-order valence-electron chi connectivity index (χ4n) is 1.93. The maximum absolute atomic E-state index is 12.2. The predicted molar refractivity (Wildman–Crippen MR) is 93.8 cm³/mol. The van der Waals surface area contributed by atoms with Crippen LogP contribution >= 0.6 is 34.8 Å². The Morgan fingerprint density at radius 1 is 1.27 bits per heavy atom. The summed E-state index contributed by atoms with van der Waals surface area (Å²) in [6.07, 6.45) is 1.50. The summed E-state index contributed by atoms with van der Waals surface area (Å²) in [5.41, 5.74) is 0.667. The van der Waals surface area contributed by atoms with Gasteiger partial charge in [0, 0.05) is 7.05 Å². The molecule has 2 rings (SSSR count). The van der Waals surface area contributed by atoms with E-state index in [1.807, 2.05) is 0 Å². The van der Waals surface area contributed by atoms with Crippen molar-refractivity contribution in [2.45, 2.75) is 0 Å². The standard InChI is InChI=1S/C14H13IN2O4S/c1-17-13(19)8(12(18)16-14(17)22)4-7-5-9(15)11(21-3)10(6-7)20-2/h4-6H,1-3H3,(H,16,18,22)/b8-4-. The molecule has 1 aromatic carbocycles. The maximum Gasteiger partial charge on any atom is 0.265 e. The Kier molecular flexibility index (Phi) is 5.01. The van der Waals surface area contributed by atoms with E-state index in [1.165, 1.54) is 25.1 Å². The lowest BCUT2D eigenvalue weighted by Gasteiger charge is -2.25. The molecule has 0 bridgehead atoms. The monoisotopic (exact) mass is 432 g/mol. The van der Waals surface area contributed by atoms with E-state index in [9.17, 15) is 9.59 Å². The normalized spacial score (nSPS) is 16.8. The van der Waals surface area contributed by atoms with Gasteiger partial charge in [0.05, 0.1) is 17.8 Å². The Balaban J connectivity index is 2.48. The summed E-state index contributed by atoms with van der Waals surface area (Å²) < 4.78 is 11.3. The molecule has 1 saturated heterocycles. The van der Waals surface area contributed by atoms with Crippen LogP contribution in [0.1, 0.15) is 5.56 Å². The number of carbonyl (C=O) groups excluding carboxylic acids is 2. The molecular weight excluding hydrogens is 419 g/mol. The molecule has 0 aromatic heterocycles. The number of carbonyl (C=O) groups is 2. The number of rotatable bonds is 3. The quantitative estimate of drug-likeness (QED) is 0.340. The minimum Gasteiger partial charge on any atom is -0.493 e. The van der Waals surface area contributed by atoms with Crippen molar-refractivity contribution < 1.29 is 19.1 Å². The van der Waals surface area contributed by atoms with Crippen molar-refractivity contribution in [2.24, 2.45) is 0 Å². The second-order valence-electron chi connectivity index (χ2n) is 4.42. The molecule has 6 nitrogen and oxygen atoms in total.